The van der Waals surface area contributed by atoms with Crippen molar-refractivity contribution in [1.82, 2.24) is 25.1 Å². The van der Waals surface area contributed by atoms with E-state index in [-0.39, 0.29) is 11.7 Å². The molecule has 0 N–H and O–H groups in total. The van der Waals surface area contributed by atoms with Gasteiger partial charge in [0, 0.05) is 31.9 Å². The predicted molar refractivity (Wildman–Crippen MR) is 94.1 cm³/mol. The first-order valence-corrected chi connectivity index (χ1v) is 9.22. The van der Waals surface area contributed by atoms with Crippen LogP contribution in [0.1, 0.15) is 32.1 Å². The number of piperazine rings is 1. The zero-order valence-electron chi connectivity index (χ0n) is 14.7. The summed E-state index contributed by atoms with van der Waals surface area (Å²) in [7, 11) is 0. The standard InChI is InChI=1S/C18H23FN6O/c19-15-4-6-16(7-5-15)23-10-12-24(13-11-23)17(26)18(8-2-1-3-9-18)25-14-20-21-22-25/h4-7,14H,1-3,8-13H2. The molecule has 8 heteroatoms. The molecule has 138 valence electrons. The SMILES string of the molecule is O=C(N1CCN(c2ccc(F)cc2)CC1)C1(n2cnnn2)CCCCC1. The Morgan fingerprint density at radius 1 is 1.00 bits per heavy atom. The first-order chi connectivity index (χ1) is 12.7. The zero-order chi connectivity index (χ0) is 18.0. The number of anilines is 1. The fraction of sp³-hybridized carbons (Fsp3) is 0.556. The highest BCUT2D eigenvalue weighted by Gasteiger charge is 2.45. The van der Waals surface area contributed by atoms with Crippen LogP contribution in [0.5, 0.6) is 0 Å². The monoisotopic (exact) mass is 358 g/mol. The second kappa shape index (κ2) is 7.01. The van der Waals surface area contributed by atoms with E-state index >= 15 is 0 Å². The van der Waals surface area contributed by atoms with E-state index in [1.54, 1.807) is 23.1 Å². The molecule has 1 saturated carbocycles. The third-order valence-corrected chi connectivity index (χ3v) is 5.63. The second-order valence-corrected chi connectivity index (χ2v) is 7.10. The molecule has 0 unspecified atom stereocenters. The molecule has 0 bridgehead atoms. The molecule has 7 nitrogen and oxygen atoms in total. The number of tetrazole rings is 1. The maximum absolute atomic E-state index is 13.4. The summed E-state index contributed by atoms with van der Waals surface area (Å²) in [5.41, 5.74) is 0.353. The van der Waals surface area contributed by atoms with E-state index in [1.807, 2.05) is 4.90 Å². The molecule has 1 saturated heterocycles. The van der Waals surface area contributed by atoms with Crippen molar-refractivity contribution in [1.29, 1.82) is 0 Å². The van der Waals surface area contributed by atoms with E-state index in [0.717, 1.165) is 50.9 Å². The number of amides is 1. The van der Waals surface area contributed by atoms with Gasteiger partial charge >= 0.3 is 0 Å². The van der Waals surface area contributed by atoms with Crippen LogP contribution in [0.3, 0.4) is 0 Å². The van der Waals surface area contributed by atoms with Crippen molar-refractivity contribution in [3.8, 4) is 0 Å². The van der Waals surface area contributed by atoms with Crippen LogP contribution in [-0.4, -0.2) is 57.2 Å². The molecule has 0 radical (unpaired) electrons. The quantitative estimate of drug-likeness (QED) is 0.837. The highest BCUT2D eigenvalue weighted by atomic mass is 19.1. The Morgan fingerprint density at radius 2 is 1.69 bits per heavy atom. The molecule has 0 atom stereocenters. The molecule has 26 heavy (non-hydrogen) atoms. The van der Waals surface area contributed by atoms with E-state index in [1.165, 1.54) is 12.1 Å². The topological polar surface area (TPSA) is 67.2 Å². The molecular formula is C18H23FN6O. The lowest BCUT2D eigenvalue weighted by molar-refractivity contribution is -0.144. The van der Waals surface area contributed by atoms with Crippen molar-refractivity contribution in [3.63, 3.8) is 0 Å². The van der Waals surface area contributed by atoms with Crippen molar-refractivity contribution in [2.24, 2.45) is 0 Å². The van der Waals surface area contributed by atoms with Crippen molar-refractivity contribution in [2.45, 2.75) is 37.6 Å². The average Bonchev–Trinajstić information content (AvgIpc) is 3.24. The van der Waals surface area contributed by atoms with Crippen molar-refractivity contribution in [2.75, 3.05) is 31.1 Å². The number of rotatable bonds is 3. The Bertz CT molecular complexity index is 734. The molecule has 2 aliphatic rings. The summed E-state index contributed by atoms with van der Waals surface area (Å²) in [6.45, 7) is 2.78. The summed E-state index contributed by atoms with van der Waals surface area (Å²) in [4.78, 5) is 17.5. The minimum Gasteiger partial charge on any atom is -0.368 e. The van der Waals surface area contributed by atoms with Crippen LogP contribution >= 0.6 is 0 Å². The Hall–Kier alpha value is -2.51. The first-order valence-electron chi connectivity index (χ1n) is 9.22. The Balaban J connectivity index is 1.47. The van der Waals surface area contributed by atoms with E-state index in [9.17, 15) is 9.18 Å². The number of hydrogen-bond acceptors (Lipinski definition) is 5. The zero-order valence-corrected chi connectivity index (χ0v) is 14.7. The number of carbonyl (C=O) groups excluding carboxylic acids is 1. The van der Waals surface area contributed by atoms with Crippen LogP contribution in [0.15, 0.2) is 30.6 Å². The van der Waals surface area contributed by atoms with Gasteiger partial charge in [-0.05, 0) is 47.5 Å². The fourth-order valence-electron chi connectivity index (χ4n) is 4.15. The van der Waals surface area contributed by atoms with E-state index in [0.29, 0.717) is 13.1 Å². The average molecular weight is 358 g/mol. The molecule has 1 aliphatic carbocycles. The number of nitrogens with zero attached hydrogens (tertiary/aromatic N) is 6. The second-order valence-electron chi connectivity index (χ2n) is 7.10. The highest BCUT2D eigenvalue weighted by Crippen LogP contribution is 2.36. The van der Waals surface area contributed by atoms with Gasteiger partial charge in [0.05, 0.1) is 0 Å². The normalized spacial score (nSPS) is 20.2. The molecule has 0 spiro atoms. The summed E-state index contributed by atoms with van der Waals surface area (Å²) < 4.78 is 14.8. The lowest BCUT2D eigenvalue weighted by atomic mass is 9.80. The van der Waals surface area contributed by atoms with Gasteiger partial charge in [-0.2, -0.15) is 0 Å². The number of hydrogen-bond donors (Lipinski definition) is 0. The van der Waals surface area contributed by atoms with Crippen molar-refractivity contribution >= 4 is 11.6 Å². The fourth-order valence-corrected chi connectivity index (χ4v) is 4.15. The van der Waals surface area contributed by atoms with Gasteiger partial charge in [-0.25, -0.2) is 9.07 Å². The molecule has 4 rings (SSSR count). The van der Waals surface area contributed by atoms with E-state index in [2.05, 4.69) is 20.4 Å². The Morgan fingerprint density at radius 3 is 2.31 bits per heavy atom. The molecule has 1 aliphatic heterocycles. The van der Waals surface area contributed by atoms with Gasteiger partial charge in [0.15, 0.2) is 0 Å². The third-order valence-electron chi connectivity index (χ3n) is 5.63. The maximum Gasteiger partial charge on any atom is 0.250 e. The highest BCUT2D eigenvalue weighted by molar-refractivity contribution is 5.84. The lowest BCUT2D eigenvalue weighted by Crippen LogP contribution is -2.57. The summed E-state index contributed by atoms with van der Waals surface area (Å²) in [6, 6.07) is 6.52. The summed E-state index contributed by atoms with van der Waals surface area (Å²) in [5.74, 6) is -0.105. The summed E-state index contributed by atoms with van der Waals surface area (Å²) in [6.07, 6.45) is 6.32. The summed E-state index contributed by atoms with van der Waals surface area (Å²) in [5, 5.41) is 11.6. The Kier molecular flexibility index (Phi) is 4.57. The van der Waals surface area contributed by atoms with Crippen LogP contribution in [0.2, 0.25) is 0 Å². The third kappa shape index (κ3) is 3.04. The molecule has 2 heterocycles. The number of carbonyl (C=O) groups is 1. The minimum atomic E-state index is -0.639. The van der Waals surface area contributed by atoms with Crippen LogP contribution < -0.4 is 4.90 Å². The first kappa shape index (κ1) is 16.9. The maximum atomic E-state index is 13.4. The van der Waals surface area contributed by atoms with Crippen molar-refractivity contribution in [3.05, 3.63) is 36.4 Å². The number of halogens is 1. The largest absolute Gasteiger partial charge is 0.368 e. The van der Waals surface area contributed by atoms with Crippen LogP contribution in [0.25, 0.3) is 0 Å². The van der Waals surface area contributed by atoms with Gasteiger partial charge in [0.2, 0.25) is 0 Å². The Labute approximate surface area is 151 Å². The van der Waals surface area contributed by atoms with Crippen LogP contribution in [0, 0.1) is 5.82 Å². The van der Waals surface area contributed by atoms with E-state index in [4.69, 9.17) is 0 Å². The minimum absolute atomic E-state index is 0.128. The van der Waals surface area contributed by atoms with Gasteiger partial charge < -0.3 is 9.80 Å². The van der Waals surface area contributed by atoms with Gasteiger partial charge in [0.1, 0.15) is 17.7 Å². The molecule has 2 fully saturated rings. The van der Waals surface area contributed by atoms with Gasteiger partial charge in [0.25, 0.3) is 5.91 Å². The molecular weight excluding hydrogens is 335 g/mol. The molecule has 1 aromatic heterocycles. The van der Waals surface area contributed by atoms with Gasteiger partial charge in [-0.3, -0.25) is 4.79 Å². The van der Waals surface area contributed by atoms with Gasteiger partial charge in [-0.1, -0.05) is 19.3 Å². The van der Waals surface area contributed by atoms with E-state index < -0.39 is 5.54 Å². The number of aromatic nitrogens is 4. The number of benzene rings is 1. The molecule has 1 aromatic carbocycles. The molecule has 1 amide bonds. The molecule has 2 aromatic rings. The van der Waals surface area contributed by atoms with Crippen molar-refractivity contribution < 1.29 is 9.18 Å². The van der Waals surface area contributed by atoms with Gasteiger partial charge in [-0.15, -0.1) is 5.10 Å². The predicted octanol–water partition coefficient (Wildman–Crippen LogP) is 1.82. The summed E-state index contributed by atoms with van der Waals surface area (Å²) >= 11 is 0. The lowest BCUT2D eigenvalue weighted by Gasteiger charge is -2.42. The van der Waals surface area contributed by atoms with Crippen LogP contribution in [-0.2, 0) is 10.3 Å². The van der Waals surface area contributed by atoms with Crippen LogP contribution in [0.4, 0.5) is 10.1 Å². The smallest absolute Gasteiger partial charge is 0.250 e.